The first-order valence-corrected chi connectivity index (χ1v) is 8.80. The number of hydrogen-bond acceptors (Lipinski definition) is 6. The third kappa shape index (κ3) is 2.81. The summed E-state index contributed by atoms with van der Waals surface area (Å²) in [4.78, 5) is 17.0. The van der Waals surface area contributed by atoms with Crippen molar-refractivity contribution < 1.29 is 13.7 Å². The molecule has 0 saturated heterocycles. The molecule has 1 saturated carbocycles. The summed E-state index contributed by atoms with van der Waals surface area (Å²) >= 11 is 0. The van der Waals surface area contributed by atoms with E-state index in [4.69, 9.17) is 4.52 Å². The maximum Gasteiger partial charge on any atom is 0.278 e. The van der Waals surface area contributed by atoms with E-state index >= 15 is 0 Å². The number of alkyl halides is 1. The monoisotopic (exact) mass is 378 g/mol. The average molecular weight is 378 g/mol. The lowest BCUT2D eigenvalue weighted by molar-refractivity contribution is 0.102. The minimum absolute atomic E-state index is 0.231. The summed E-state index contributed by atoms with van der Waals surface area (Å²) in [7, 11) is 0. The molecule has 1 N–H and O–H groups in total. The Morgan fingerprint density at radius 1 is 1.32 bits per heavy atom. The highest BCUT2D eigenvalue weighted by molar-refractivity contribution is 6.07. The predicted octanol–water partition coefficient (Wildman–Crippen LogP) is 3.17. The molecule has 0 aliphatic heterocycles. The van der Waals surface area contributed by atoms with Crippen molar-refractivity contribution in [2.45, 2.75) is 25.4 Å². The number of hydrogen-bond donors (Lipinski definition) is 1. The van der Waals surface area contributed by atoms with Gasteiger partial charge in [-0.2, -0.15) is 4.98 Å². The van der Waals surface area contributed by atoms with Crippen molar-refractivity contribution in [3.8, 4) is 11.4 Å². The van der Waals surface area contributed by atoms with E-state index in [2.05, 4.69) is 25.8 Å². The van der Waals surface area contributed by atoms with Gasteiger partial charge in [-0.3, -0.25) is 4.79 Å². The van der Waals surface area contributed by atoms with Gasteiger partial charge in [0, 0.05) is 17.4 Å². The van der Waals surface area contributed by atoms with Gasteiger partial charge in [0.05, 0.1) is 11.4 Å². The van der Waals surface area contributed by atoms with E-state index in [1.807, 2.05) is 31.2 Å². The number of nitrogens with zero attached hydrogens (tertiary/aromatic N) is 5. The number of rotatable bonds is 4. The Balaban J connectivity index is 1.43. The fourth-order valence-corrected chi connectivity index (χ4v) is 3.01. The Morgan fingerprint density at radius 3 is 3.00 bits per heavy atom. The molecule has 1 aliphatic carbocycles. The van der Waals surface area contributed by atoms with E-state index in [0.717, 1.165) is 5.56 Å². The zero-order chi connectivity index (χ0) is 19.3. The van der Waals surface area contributed by atoms with Gasteiger partial charge >= 0.3 is 0 Å². The second-order valence-corrected chi connectivity index (χ2v) is 6.77. The summed E-state index contributed by atoms with van der Waals surface area (Å²) in [6, 6.07) is 10.8. The molecule has 1 aromatic carbocycles. The molecule has 1 aliphatic rings. The van der Waals surface area contributed by atoms with Crippen molar-refractivity contribution in [1.82, 2.24) is 25.0 Å². The first-order valence-electron chi connectivity index (χ1n) is 8.80. The van der Waals surface area contributed by atoms with Crippen LogP contribution in [0.2, 0.25) is 0 Å². The van der Waals surface area contributed by atoms with Crippen molar-refractivity contribution >= 4 is 17.1 Å². The third-order valence-electron chi connectivity index (χ3n) is 4.75. The SMILES string of the molecule is Cc1ccc(-c2noc([C@H]3C[C@@H]3F)n2)cc1NC(=O)c1nnn2ccccc12. The molecule has 1 amide bonds. The fourth-order valence-electron chi connectivity index (χ4n) is 3.01. The summed E-state index contributed by atoms with van der Waals surface area (Å²) in [6.45, 7) is 1.88. The van der Waals surface area contributed by atoms with Crippen LogP contribution in [-0.2, 0) is 0 Å². The number of aryl methyl sites for hydroxylation is 1. The summed E-state index contributed by atoms with van der Waals surface area (Å²) in [5, 5.41) is 14.7. The molecule has 28 heavy (non-hydrogen) atoms. The largest absolute Gasteiger partial charge is 0.339 e. The minimum atomic E-state index is -0.903. The lowest BCUT2D eigenvalue weighted by Crippen LogP contribution is -2.14. The Morgan fingerprint density at radius 2 is 2.18 bits per heavy atom. The molecule has 0 bridgehead atoms. The Kier molecular flexibility index (Phi) is 3.68. The number of fused-ring (bicyclic) bond motifs is 1. The summed E-state index contributed by atoms with van der Waals surface area (Å²) < 4.78 is 19.9. The van der Waals surface area contributed by atoms with Crippen LogP contribution in [0.5, 0.6) is 0 Å². The van der Waals surface area contributed by atoms with E-state index < -0.39 is 6.17 Å². The predicted molar refractivity (Wildman–Crippen MR) is 97.7 cm³/mol. The quantitative estimate of drug-likeness (QED) is 0.586. The van der Waals surface area contributed by atoms with Crippen LogP contribution in [-0.4, -0.2) is 37.0 Å². The molecule has 9 heteroatoms. The lowest BCUT2D eigenvalue weighted by atomic mass is 10.1. The summed E-state index contributed by atoms with van der Waals surface area (Å²) in [5.74, 6) is 0.00370. The number of pyridine rings is 1. The smallest absolute Gasteiger partial charge is 0.278 e. The number of amides is 1. The zero-order valence-corrected chi connectivity index (χ0v) is 14.8. The molecule has 2 atom stereocenters. The van der Waals surface area contributed by atoms with Crippen LogP contribution in [0.15, 0.2) is 47.1 Å². The second-order valence-electron chi connectivity index (χ2n) is 6.77. The number of halogens is 1. The van der Waals surface area contributed by atoms with Crippen molar-refractivity contribution in [3.63, 3.8) is 0 Å². The van der Waals surface area contributed by atoms with Gasteiger partial charge in [0.1, 0.15) is 6.17 Å². The van der Waals surface area contributed by atoms with Crippen molar-refractivity contribution in [2.75, 3.05) is 5.32 Å². The van der Waals surface area contributed by atoms with Crippen molar-refractivity contribution in [2.24, 2.45) is 0 Å². The van der Waals surface area contributed by atoms with Gasteiger partial charge in [0.2, 0.25) is 11.7 Å². The molecule has 3 heterocycles. The van der Waals surface area contributed by atoms with Gasteiger partial charge < -0.3 is 9.84 Å². The van der Waals surface area contributed by atoms with Crippen LogP contribution in [0.3, 0.4) is 0 Å². The molecule has 1 fully saturated rings. The van der Waals surface area contributed by atoms with Crippen LogP contribution in [0, 0.1) is 6.92 Å². The van der Waals surface area contributed by atoms with Gasteiger partial charge in [0.25, 0.3) is 5.91 Å². The molecule has 140 valence electrons. The second kappa shape index (κ2) is 6.22. The maximum absolute atomic E-state index is 13.2. The van der Waals surface area contributed by atoms with E-state index in [1.165, 1.54) is 4.52 Å². The van der Waals surface area contributed by atoms with E-state index in [-0.39, 0.29) is 17.5 Å². The third-order valence-corrected chi connectivity index (χ3v) is 4.75. The topological polar surface area (TPSA) is 98.2 Å². The van der Waals surface area contributed by atoms with Gasteiger partial charge in [-0.05, 0) is 37.1 Å². The molecular weight excluding hydrogens is 363 g/mol. The highest BCUT2D eigenvalue weighted by Crippen LogP contribution is 2.43. The lowest BCUT2D eigenvalue weighted by Gasteiger charge is -2.08. The fraction of sp³-hybridized carbons (Fsp3) is 0.211. The Hall–Kier alpha value is -3.62. The van der Waals surface area contributed by atoms with Crippen LogP contribution in [0.4, 0.5) is 10.1 Å². The Bertz CT molecular complexity index is 1200. The van der Waals surface area contributed by atoms with E-state index in [0.29, 0.717) is 34.9 Å². The molecule has 5 rings (SSSR count). The van der Waals surface area contributed by atoms with Gasteiger partial charge in [-0.1, -0.05) is 28.6 Å². The van der Waals surface area contributed by atoms with Crippen LogP contribution >= 0.6 is 0 Å². The minimum Gasteiger partial charge on any atom is -0.339 e. The standard InChI is InChI=1S/C19H15FN6O2/c1-10-5-6-11(17-22-19(28-24-17)12-9-13(12)20)8-14(10)21-18(27)16-15-4-2-3-7-26(15)25-23-16/h2-8,12-13H,9H2,1H3,(H,21,27)/t12-,13-/m0/s1. The number of benzene rings is 1. The Labute approximate surface area is 158 Å². The van der Waals surface area contributed by atoms with Crippen LogP contribution in [0.1, 0.15) is 34.3 Å². The summed E-state index contributed by atoms with van der Waals surface area (Å²) in [6.07, 6.45) is 1.24. The zero-order valence-electron chi connectivity index (χ0n) is 14.8. The molecular formula is C19H15FN6O2. The molecule has 0 unspecified atom stereocenters. The number of aromatic nitrogens is 5. The van der Waals surface area contributed by atoms with Crippen LogP contribution < -0.4 is 5.32 Å². The number of nitrogens with one attached hydrogen (secondary N) is 1. The molecule has 3 aromatic heterocycles. The highest BCUT2D eigenvalue weighted by Gasteiger charge is 2.43. The van der Waals surface area contributed by atoms with Crippen molar-refractivity contribution in [1.29, 1.82) is 0 Å². The normalized spacial score (nSPS) is 18.4. The van der Waals surface area contributed by atoms with Gasteiger partial charge in [0.15, 0.2) is 5.69 Å². The van der Waals surface area contributed by atoms with Gasteiger partial charge in [-0.15, -0.1) is 5.10 Å². The number of anilines is 1. The summed E-state index contributed by atoms with van der Waals surface area (Å²) in [5.41, 5.74) is 2.97. The first-order chi connectivity index (χ1) is 13.6. The molecule has 0 radical (unpaired) electrons. The number of carbonyl (C=O) groups is 1. The molecule has 4 aromatic rings. The van der Waals surface area contributed by atoms with Crippen molar-refractivity contribution in [3.05, 3.63) is 59.7 Å². The maximum atomic E-state index is 13.2. The van der Waals surface area contributed by atoms with E-state index in [9.17, 15) is 9.18 Å². The molecule has 8 nitrogen and oxygen atoms in total. The first kappa shape index (κ1) is 16.5. The van der Waals surface area contributed by atoms with E-state index in [1.54, 1.807) is 18.3 Å². The molecule has 0 spiro atoms. The van der Waals surface area contributed by atoms with Crippen LogP contribution in [0.25, 0.3) is 16.9 Å². The highest BCUT2D eigenvalue weighted by atomic mass is 19.1. The number of carbonyl (C=O) groups excluding carboxylic acids is 1. The van der Waals surface area contributed by atoms with Gasteiger partial charge in [-0.25, -0.2) is 8.91 Å². The average Bonchev–Trinajstić information content (AvgIpc) is 3.12.